The summed E-state index contributed by atoms with van der Waals surface area (Å²) in [5, 5.41) is 9.25. The number of halogens is 1. The van der Waals surface area contributed by atoms with E-state index >= 15 is 0 Å². The van der Waals surface area contributed by atoms with Gasteiger partial charge in [0.15, 0.2) is 5.96 Å². The number of aliphatic imine (C=N–C) groups is 1. The van der Waals surface area contributed by atoms with Gasteiger partial charge in [-0.25, -0.2) is 4.79 Å². The summed E-state index contributed by atoms with van der Waals surface area (Å²) < 4.78 is 5.25. The Morgan fingerprint density at radius 1 is 1.10 bits per heavy atom. The quantitative estimate of drug-likeness (QED) is 0.311. The van der Waals surface area contributed by atoms with E-state index in [-0.39, 0.29) is 24.0 Å². The zero-order valence-electron chi connectivity index (χ0n) is 17.4. The van der Waals surface area contributed by atoms with E-state index in [0.29, 0.717) is 12.2 Å². The Bertz CT molecular complexity index is 774. The molecular formula is C21H30IN5O2. The summed E-state index contributed by atoms with van der Waals surface area (Å²) in [6.45, 7) is 6.86. The fourth-order valence-corrected chi connectivity index (χ4v) is 2.40. The van der Waals surface area contributed by atoms with Crippen molar-refractivity contribution in [2.24, 2.45) is 4.99 Å². The highest BCUT2D eigenvalue weighted by Gasteiger charge is 2.16. The van der Waals surface area contributed by atoms with E-state index in [1.165, 1.54) is 0 Å². The molecule has 0 radical (unpaired) electrons. The highest BCUT2D eigenvalue weighted by Crippen LogP contribution is 2.13. The van der Waals surface area contributed by atoms with Crippen LogP contribution in [0.2, 0.25) is 0 Å². The third-order valence-corrected chi connectivity index (χ3v) is 3.69. The highest BCUT2D eigenvalue weighted by atomic mass is 127. The zero-order valence-corrected chi connectivity index (χ0v) is 19.7. The van der Waals surface area contributed by atoms with Gasteiger partial charge >= 0.3 is 6.09 Å². The molecule has 2 aromatic rings. The van der Waals surface area contributed by atoms with Gasteiger partial charge in [-0.1, -0.05) is 18.2 Å². The van der Waals surface area contributed by atoms with E-state index in [4.69, 9.17) is 4.74 Å². The lowest BCUT2D eigenvalue weighted by atomic mass is 10.1. The number of carbonyl (C=O) groups excluding carboxylic acids is 1. The maximum atomic E-state index is 11.8. The number of rotatable bonds is 6. The van der Waals surface area contributed by atoms with E-state index in [1.807, 2.05) is 63.2 Å². The molecule has 158 valence electrons. The van der Waals surface area contributed by atoms with E-state index in [2.05, 4.69) is 25.9 Å². The molecule has 2 rings (SSSR count). The van der Waals surface area contributed by atoms with Crippen LogP contribution in [0.3, 0.4) is 0 Å². The number of hydrogen-bond donors (Lipinski definition) is 3. The monoisotopic (exact) mass is 511 g/mol. The van der Waals surface area contributed by atoms with Gasteiger partial charge in [-0.05, 0) is 57.0 Å². The molecule has 7 nitrogen and oxygen atoms in total. The van der Waals surface area contributed by atoms with Gasteiger partial charge in [0, 0.05) is 25.5 Å². The summed E-state index contributed by atoms with van der Waals surface area (Å²) >= 11 is 0. The van der Waals surface area contributed by atoms with Crippen molar-refractivity contribution in [3.8, 4) is 0 Å². The summed E-state index contributed by atoms with van der Waals surface area (Å²) in [6, 6.07) is 13.5. The van der Waals surface area contributed by atoms with Gasteiger partial charge < -0.3 is 15.4 Å². The molecule has 8 heteroatoms. The van der Waals surface area contributed by atoms with Gasteiger partial charge in [-0.3, -0.25) is 15.3 Å². The summed E-state index contributed by atoms with van der Waals surface area (Å²) in [5.41, 5.74) is 2.30. The van der Waals surface area contributed by atoms with Crippen LogP contribution >= 0.6 is 24.0 Å². The van der Waals surface area contributed by atoms with Crippen LogP contribution in [0, 0.1) is 0 Å². The van der Waals surface area contributed by atoms with Crippen molar-refractivity contribution in [2.45, 2.75) is 39.3 Å². The fraction of sp³-hybridized carbons (Fsp3) is 0.381. The third kappa shape index (κ3) is 10.1. The van der Waals surface area contributed by atoms with Crippen LogP contribution in [-0.2, 0) is 17.7 Å². The lowest BCUT2D eigenvalue weighted by molar-refractivity contribution is 0.0636. The average Bonchev–Trinajstić information content (AvgIpc) is 2.65. The topological polar surface area (TPSA) is 87.6 Å². The molecule has 0 aliphatic heterocycles. The lowest BCUT2D eigenvalue weighted by Gasteiger charge is -2.19. The number of hydrogen-bond acceptors (Lipinski definition) is 4. The second-order valence-electron chi connectivity index (χ2n) is 7.25. The largest absolute Gasteiger partial charge is 0.444 e. The zero-order chi connectivity index (χ0) is 20.4. The molecule has 0 saturated heterocycles. The first-order valence-corrected chi connectivity index (χ1v) is 9.29. The maximum absolute atomic E-state index is 11.8. The number of anilines is 1. The number of nitrogens with one attached hydrogen (secondary N) is 3. The molecule has 1 aromatic carbocycles. The van der Waals surface area contributed by atoms with Gasteiger partial charge in [0.1, 0.15) is 5.60 Å². The Labute approximate surface area is 189 Å². The molecule has 0 aliphatic carbocycles. The van der Waals surface area contributed by atoms with Crippen molar-refractivity contribution in [1.29, 1.82) is 0 Å². The molecule has 0 bridgehead atoms. The standard InChI is InChI=1S/C21H29N5O2.HI/c1-21(2,3)28-20(27)26-17-10-8-16(9-11-17)12-14-24-19(22-4)25-15-18-7-5-6-13-23-18;/h5-11,13H,12,14-15H2,1-4H3,(H,26,27)(H2,22,24,25);1H. The van der Waals surface area contributed by atoms with Gasteiger partial charge in [0.25, 0.3) is 0 Å². The van der Waals surface area contributed by atoms with Crippen LogP contribution in [0.1, 0.15) is 32.0 Å². The number of carbonyl (C=O) groups is 1. The van der Waals surface area contributed by atoms with Crippen LogP contribution < -0.4 is 16.0 Å². The molecule has 0 saturated carbocycles. The lowest BCUT2D eigenvalue weighted by Crippen LogP contribution is -2.38. The molecule has 3 N–H and O–H groups in total. The molecule has 0 atom stereocenters. The summed E-state index contributed by atoms with van der Waals surface area (Å²) in [7, 11) is 1.74. The Kier molecular flexibility index (Phi) is 10.4. The Morgan fingerprint density at radius 3 is 2.41 bits per heavy atom. The van der Waals surface area contributed by atoms with Crippen molar-refractivity contribution in [3.63, 3.8) is 0 Å². The van der Waals surface area contributed by atoms with Gasteiger partial charge in [0.05, 0.1) is 12.2 Å². The summed E-state index contributed by atoms with van der Waals surface area (Å²) in [4.78, 5) is 20.3. The van der Waals surface area contributed by atoms with Gasteiger partial charge in [-0.2, -0.15) is 0 Å². The second-order valence-corrected chi connectivity index (χ2v) is 7.25. The average molecular weight is 511 g/mol. The van der Waals surface area contributed by atoms with Crippen LogP contribution in [-0.4, -0.2) is 36.2 Å². The minimum atomic E-state index is -0.515. The van der Waals surface area contributed by atoms with Crippen LogP contribution in [0.4, 0.5) is 10.5 Å². The molecule has 1 aromatic heterocycles. The van der Waals surface area contributed by atoms with E-state index < -0.39 is 11.7 Å². The highest BCUT2D eigenvalue weighted by molar-refractivity contribution is 14.0. The fourth-order valence-electron chi connectivity index (χ4n) is 2.40. The number of benzene rings is 1. The Balaban J connectivity index is 0.00000420. The van der Waals surface area contributed by atoms with Crippen LogP contribution in [0.5, 0.6) is 0 Å². The van der Waals surface area contributed by atoms with E-state index in [0.717, 1.165) is 30.2 Å². The van der Waals surface area contributed by atoms with Crippen molar-refractivity contribution in [3.05, 3.63) is 59.9 Å². The predicted molar refractivity (Wildman–Crippen MR) is 128 cm³/mol. The molecule has 0 spiro atoms. The van der Waals surface area contributed by atoms with Crippen LogP contribution in [0.15, 0.2) is 53.7 Å². The minimum absolute atomic E-state index is 0. The number of guanidine groups is 1. The minimum Gasteiger partial charge on any atom is -0.444 e. The van der Waals surface area contributed by atoms with E-state index in [1.54, 1.807) is 13.2 Å². The molecule has 29 heavy (non-hydrogen) atoms. The van der Waals surface area contributed by atoms with Gasteiger partial charge in [-0.15, -0.1) is 24.0 Å². The number of aromatic nitrogens is 1. The van der Waals surface area contributed by atoms with E-state index in [9.17, 15) is 4.79 Å². The molecule has 0 aliphatic rings. The molecule has 1 amide bonds. The first kappa shape index (κ1) is 24.7. The normalized spacial score (nSPS) is 11.2. The number of nitrogens with zero attached hydrogens (tertiary/aromatic N) is 2. The first-order chi connectivity index (χ1) is 13.4. The van der Waals surface area contributed by atoms with Crippen molar-refractivity contribution < 1.29 is 9.53 Å². The van der Waals surface area contributed by atoms with Crippen LogP contribution in [0.25, 0.3) is 0 Å². The maximum Gasteiger partial charge on any atom is 0.412 e. The number of pyridine rings is 1. The summed E-state index contributed by atoms with van der Waals surface area (Å²) in [5.74, 6) is 0.730. The van der Waals surface area contributed by atoms with Crippen molar-refractivity contribution in [1.82, 2.24) is 15.6 Å². The smallest absolute Gasteiger partial charge is 0.412 e. The molecule has 1 heterocycles. The Hall–Kier alpha value is -2.36. The molecule has 0 fully saturated rings. The summed E-state index contributed by atoms with van der Waals surface area (Å²) in [6.07, 6.45) is 2.15. The third-order valence-electron chi connectivity index (χ3n) is 3.69. The number of ether oxygens (including phenoxy) is 1. The number of amides is 1. The molecule has 0 unspecified atom stereocenters. The second kappa shape index (κ2) is 12.3. The SMILES string of the molecule is CN=C(NCCc1ccc(NC(=O)OC(C)(C)C)cc1)NCc1ccccn1.I. The first-order valence-electron chi connectivity index (χ1n) is 9.29. The predicted octanol–water partition coefficient (Wildman–Crippen LogP) is 3.95. The Morgan fingerprint density at radius 2 is 1.83 bits per heavy atom. The van der Waals surface area contributed by atoms with Crippen molar-refractivity contribution in [2.75, 3.05) is 18.9 Å². The van der Waals surface area contributed by atoms with Crippen molar-refractivity contribution >= 4 is 41.7 Å². The molecular weight excluding hydrogens is 481 g/mol. The van der Waals surface area contributed by atoms with Gasteiger partial charge in [0.2, 0.25) is 0 Å².